The van der Waals surface area contributed by atoms with Crippen LogP contribution in [0.1, 0.15) is 33.1 Å². The number of anilines is 1. The minimum absolute atomic E-state index is 0.0314. The lowest BCUT2D eigenvalue weighted by Gasteiger charge is -2.22. The highest BCUT2D eigenvalue weighted by Crippen LogP contribution is 2.27. The molecule has 5 nitrogen and oxygen atoms in total. The third kappa shape index (κ3) is 4.06. The molecule has 0 saturated carbocycles. The molecule has 0 radical (unpaired) electrons. The Labute approximate surface area is 140 Å². The van der Waals surface area contributed by atoms with Gasteiger partial charge < -0.3 is 15.1 Å². The molecule has 1 aromatic heterocycles. The topological polar surface area (TPSA) is 67.2 Å². The molecule has 124 valence electrons. The van der Waals surface area contributed by atoms with Gasteiger partial charge in [-0.05, 0) is 18.2 Å². The van der Waals surface area contributed by atoms with Gasteiger partial charge in [0.2, 0.25) is 11.8 Å². The predicted molar refractivity (Wildman–Crippen MR) is 95.1 cm³/mol. The third-order valence-corrected chi connectivity index (χ3v) is 4.87. The van der Waals surface area contributed by atoms with E-state index in [1.807, 2.05) is 30.0 Å². The second-order valence-corrected chi connectivity index (χ2v) is 8.08. The molecule has 1 aliphatic heterocycles. The van der Waals surface area contributed by atoms with Crippen LogP contribution in [0.25, 0.3) is 11.1 Å². The van der Waals surface area contributed by atoms with Gasteiger partial charge in [0.05, 0.1) is 0 Å². The van der Waals surface area contributed by atoms with Crippen LogP contribution >= 0.6 is 11.8 Å². The molecule has 1 fully saturated rings. The summed E-state index contributed by atoms with van der Waals surface area (Å²) in [6.07, 6.45) is 0.497. The summed E-state index contributed by atoms with van der Waals surface area (Å²) in [6, 6.07) is 5.86. The van der Waals surface area contributed by atoms with Gasteiger partial charge in [0.25, 0.3) is 0 Å². The molecule has 23 heavy (non-hydrogen) atoms. The standard InChI is InChI=1S/C17H23N3O2S/c1-17(2,3)16-20-13-8-11(4-5-14(13)22-16)19-15(21)9-12-10-23-7-6-18-12/h4-5,8,12,18H,6-7,9-10H2,1-3H3,(H,19,21). The molecule has 6 heteroatoms. The maximum atomic E-state index is 12.2. The number of benzene rings is 1. The Bertz CT molecular complexity index is 699. The Morgan fingerprint density at radius 2 is 2.30 bits per heavy atom. The first-order valence-electron chi connectivity index (χ1n) is 7.94. The predicted octanol–water partition coefficient (Wildman–Crippen LogP) is 3.16. The van der Waals surface area contributed by atoms with Crippen LogP contribution in [0.15, 0.2) is 22.6 Å². The van der Waals surface area contributed by atoms with Crippen LogP contribution < -0.4 is 10.6 Å². The van der Waals surface area contributed by atoms with E-state index in [9.17, 15) is 4.79 Å². The van der Waals surface area contributed by atoms with Gasteiger partial charge in [-0.3, -0.25) is 4.79 Å². The fourth-order valence-electron chi connectivity index (χ4n) is 2.51. The second-order valence-electron chi connectivity index (χ2n) is 6.93. The van der Waals surface area contributed by atoms with Crippen LogP contribution in [0.2, 0.25) is 0 Å². The molecule has 0 spiro atoms. The van der Waals surface area contributed by atoms with E-state index >= 15 is 0 Å². The molecule has 1 saturated heterocycles. The minimum atomic E-state index is -0.132. The summed E-state index contributed by atoms with van der Waals surface area (Å²) in [5.74, 6) is 2.85. The fourth-order valence-corrected chi connectivity index (χ4v) is 3.46. The second kappa shape index (κ2) is 6.53. The molecule has 2 aromatic rings. The number of carbonyl (C=O) groups excluding carboxylic acids is 1. The Hall–Kier alpha value is -1.53. The van der Waals surface area contributed by atoms with Crippen molar-refractivity contribution < 1.29 is 9.21 Å². The van der Waals surface area contributed by atoms with E-state index in [1.54, 1.807) is 0 Å². The highest BCUT2D eigenvalue weighted by Gasteiger charge is 2.21. The van der Waals surface area contributed by atoms with Crippen molar-refractivity contribution >= 4 is 34.5 Å². The SMILES string of the molecule is CC(C)(C)c1nc2cc(NC(=O)CC3CSCCN3)ccc2o1. The summed E-state index contributed by atoms with van der Waals surface area (Å²) < 4.78 is 5.78. The molecule has 1 unspecified atom stereocenters. The van der Waals surface area contributed by atoms with Gasteiger partial charge in [-0.15, -0.1) is 0 Å². The average molecular weight is 333 g/mol. The van der Waals surface area contributed by atoms with E-state index in [1.165, 1.54) is 0 Å². The molecule has 1 atom stereocenters. The van der Waals surface area contributed by atoms with Crippen molar-refractivity contribution in [2.24, 2.45) is 0 Å². The quantitative estimate of drug-likeness (QED) is 0.903. The molecule has 1 aromatic carbocycles. The molecule has 1 amide bonds. The van der Waals surface area contributed by atoms with Gasteiger partial charge in [0.15, 0.2) is 5.58 Å². The molecule has 2 heterocycles. The lowest BCUT2D eigenvalue weighted by Crippen LogP contribution is -2.39. The highest BCUT2D eigenvalue weighted by molar-refractivity contribution is 7.99. The number of aromatic nitrogens is 1. The average Bonchev–Trinajstić information content (AvgIpc) is 2.91. The summed E-state index contributed by atoms with van der Waals surface area (Å²) in [7, 11) is 0. The first-order valence-corrected chi connectivity index (χ1v) is 9.09. The zero-order valence-corrected chi connectivity index (χ0v) is 14.6. The van der Waals surface area contributed by atoms with Gasteiger partial charge in [-0.2, -0.15) is 11.8 Å². The van der Waals surface area contributed by atoms with Crippen molar-refractivity contribution in [1.29, 1.82) is 0 Å². The number of hydrogen-bond donors (Lipinski definition) is 2. The number of hydrogen-bond acceptors (Lipinski definition) is 5. The van der Waals surface area contributed by atoms with E-state index in [4.69, 9.17) is 4.42 Å². The van der Waals surface area contributed by atoms with E-state index in [0.717, 1.165) is 34.8 Å². The van der Waals surface area contributed by atoms with E-state index in [0.29, 0.717) is 12.3 Å². The van der Waals surface area contributed by atoms with Gasteiger partial charge in [-0.1, -0.05) is 20.8 Å². The number of carbonyl (C=O) groups is 1. The lowest BCUT2D eigenvalue weighted by atomic mass is 9.97. The number of nitrogens with one attached hydrogen (secondary N) is 2. The van der Waals surface area contributed by atoms with Crippen molar-refractivity contribution in [3.05, 3.63) is 24.1 Å². The van der Waals surface area contributed by atoms with E-state index in [2.05, 4.69) is 36.4 Å². The smallest absolute Gasteiger partial charge is 0.225 e. The highest BCUT2D eigenvalue weighted by atomic mass is 32.2. The van der Waals surface area contributed by atoms with Crippen molar-refractivity contribution in [3.63, 3.8) is 0 Å². The molecule has 0 aliphatic carbocycles. The van der Waals surface area contributed by atoms with Gasteiger partial charge in [-0.25, -0.2) is 4.98 Å². The monoisotopic (exact) mass is 333 g/mol. The summed E-state index contributed by atoms with van der Waals surface area (Å²) in [4.78, 5) is 16.7. The normalized spacial score (nSPS) is 19.0. The van der Waals surface area contributed by atoms with Crippen LogP contribution in [0.4, 0.5) is 5.69 Å². The maximum Gasteiger partial charge on any atom is 0.225 e. The van der Waals surface area contributed by atoms with Gasteiger partial charge >= 0.3 is 0 Å². The van der Waals surface area contributed by atoms with E-state index in [-0.39, 0.29) is 17.4 Å². The summed E-state index contributed by atoms with van der Waals surface area (Å²) in [6.45, 7) is 7.17. The molecule has 3 rings (SSSR count). The van der Waals surface area contributed by atoms with Gasteiger partial charge in [0, 0.05) is 41.6 Å². The van der Waals surface area contributed by atoms with Crippen molar-refractivity contribution in [2.45, 2.75) is 38.6 Å². The number of thioether (sulfide) groups is 1. The van der Waals surface area contributed by atoms with Crippen LogP contribution in [0, 0.1) is 0 Å². The third-order valence-electron chi connectivity index (χ3n) is 3.74. The number of rotatable bonds is 3. The lowest BCUT2D eigenvalue weighted by molar-refractivity contribution is -0.116. The molecule has 1 aliphatic rings. The first kappa shape index (κ1) is 16.3. The largest absolute Gasteiger partial charge is 0.440 e. The number of nitrogens with zero attached hydrogens (tertiary/aromatic N) is 1. The Balaban J connectivity index is 1.69. The zero-order valence-electron chi connectivity index (χ0n) is 13.8. The molecular weight excluding hydrogens is 310 g/mol. The molecule has 2 N–H and O–H groups in total. The van der Waals surface area contributed by atoms with E-state index < -0.39 is 0 Å². The van der Waals surface area contributed by atoms with Crippen LogP contribution in [-0.4, -0.2) is 35.0 Å². The fraction of sp³-hybridized carbons (Fsp3) is 0.529. The van der Waals surface area contributed by atoms with Crippen LogP contribution in [-0.2, 0) is 10.2 Å². The van der Waals surface area contributed by atoms with Crippen molar-refractivity contribution in [3.8, 4) is 0 Å². The Kier molecular flexibility index (Phi) is 4.64. The maximum absolute atomic E-state index is 12.2. The van der Waals surface area contributed by atoms with Crippen molar-refractivity contribution in [2.75, 3.05) is 23.4 Å². The first-order chi connectivity index (χ1) is 10.9. The van der Waals surface area contributed by atoms with Crippen molar-refractivity contribution in [1.82, 2.24) is 10.3 Å². The Morgan fingerprint density at radius 3 is 3.00 bits per heavy atom. The minimum Gasteiger partial charge on any atom is -0.440 e. The molecular formula is C17H23N3O2S. The number of fused-ring (bicyclic) bond motifs is 1. The van der Waals surface area contributed by atoms with Crippen LogP contribution in [0.3, 0.4) is 0 Å². The van der Waals surface area contributed by atoms with Crippen LogP contribution in [0.5, 0.6) is 0 Å². The summed E-state index contributed by atoms with van der Waals surface area (Å²) in [5.41, 5.74) is 2.16. The number of oxazole rings is 1. The van der Waals surface area contributed by atoms with Gasteiger partial charge in [0.1, 0.15) is 5.52 Å². The summed E-state index contributed by atoms with van der Waals surface area (Å²) in [5, 5.41) is 6.34. The summed E-state index contributed by atoms with van der Waals surface area (Å²) >= 11 is 1.89. The number of amides is 1. The zero-order chi connectivity index (χ0) is 16.4. The Morgan fingerprint density at radius 1 is 1.48 bits per heavy atom. The molecule has 0 bridgehead atoms.